The Morgan fingerprint density at radius 1 is 0.529 bits per heavy atom. The number of Topliss-reactive ketones (excluding diaryl/α,β-unsaturated/α-hetero) is 1. The summed E-state index contributed by atoms with van der Waals surface area (Å²) in [5.41, 5.74) is 1.47. The number of aliphatic carboxylic acids is 2. The van der Waals surface area contributed by atoms with Crippen LogP contribution in [-0.2, 0) is 14.4 Å². The van der Waals surface area contributed by atoms with Crippen LogP contribution < -0.4 is 0 Å². The van der Waals surface area contributed by atoms with Crippen molar-refractivity contribution in [2.75, 3.05) is 13.2 Å². The number of ketones is 1. The minimum atomic E-state index is -0.617. The summed E-state index contributed by atoms with van der Waals surface area (Å²) in [5.74, 6) is 2.55. The zero-order chi connectivity index (χ0) is 50.5. The average molecular weight is 972 g/mol. The van der Waals surface area contributed by atoms with Gasteiger partial charge in [0.25, 0.3) is 0 Å². The van der Waals surface area contributed by atoms with Gasteiger partial charge in [-0.3, -0.25) is 14.4 Å². The van der Waals surface area contributed by atoms with Crippen molar-refractivity contribution in [2.45, 2.75) is 205 Å². The van der Waals surface area contributed by atoms with Crippen molar-refractivity contribution in [3.63, 3.8) is 0 Å². The fraction of sp³-hybridized carbons (Fsp3) is 0.869. The number of carboxylic acids is 2. The van der Waals surface area contributed by atoms with Gasteiger partial charge in [-0.05, 0) is 228 Å². The zero-order valence-corrected chi connectivity index (χ0v) is 44.7. The molecular weight excluding hydrogens is 875 g/mol. The Bertz CT molecular complexity index is 2190. The van der Waals surface area contributed by atoms with Crippen LogP contribution in [0.15, 0.2) is 29.5 Å². The molecule has 10 saturated carbocycles. The average Bonchev–Trinajstić information content (AvgIpc) is 3.91. The third-order valence-electron chi connectivity index (χ3n) is 26.9. The van der Waals surface area contributed by atoms with Gasteiger partial charge < -0.3 is 25.6 Å². The summed E-state index contributed by atoms with van der Waals surface area (Å²) in [7, 11) is 0. The number of aliphatic hydroxyl groups is 2. The molecule has 10 fully saturated rings. The molecule has 70 heavy (non-hydrogen) atoms. The molecule has 0 aromatic heterocycles. The fourth-order valence-corrected chi connectivity index (χ4v) is 22.8. The first kappa shape index (κ1) is 53.8. The van der Waals surface area contributed by atoms with Crippen LogP contribution in [0.3, 0.4) is 0 Å². The summed E-state index contributed by atoms with van der Waals surface area (Å²) in [4.78, 5) is 38.5. The van der Waals surface area contributed by atoms with Crippen LogP contribution in [0.4, 0.5) is 0 Å². The number of carbonyl (C=O) groups excluding carboxylic acids is 1. The first-order valence-corrected chi connectivity index (χ1v) is 27.9. The van der Waals surface area contributed by atoms with Crippen LogP contribution >= 0.6 is 0 Å². The van der Waals surface area contributed by atoms with Crippen LogP contribution in [0, 0.1) is 113 Å². The number of allylic oxidation sites excluding steroid dienone is 2. The summed E-state index contributed by atoms with van der Waals surface area (Å²) in [6, 6.07) is 0. The van der Waals surface area contributed by atoms with E-state index in [-0.39, 0.29) is 76.7 Å². The number of carboxylic acid groups (broad SMARTS) is 2. The SMILES string of the molecule is C.C=C(C)[C@@H]1CC[C@]2(C(=O)O)CC[C@]3(C)[C@H](CC[C@@H]4[C@@]5(C)CC/C(=N/O)[C@](C)(CO)[C@@H]5CC[C@]43C)[C@@H]12.C=C(C)[C@@H]1CC[C@]2(C(=O)O)CC[C@]3(C)[C@H](CC[C@@H]4[C@@]5(C)CCC(=O)[C@](C)(CO)[C@@H]5CC[C@]43C)[C@@H]12. The summed E-state index contributed by atoms with van der Waals surface area (Å²) in [6.45, 7) is 32.0. The van der Waals surface area contributed by atoms with Gasteiger partial charge in [-0.25, -0.2) is 0 Å². The van der Waals surface area contributed by atoms with Crippen molar-refractivity contribution >= 4 is 23.4 Å². The van der Waals surface area contributed by atoms with E-state index in [0.717, 1.165) is 128 Å². The Balaban J connectivity index is 0.000000186. The van der Waals surface area contributed by atoms with Gasteiger partial charge in [0.05, 0.1) is 35.2 Å². The number of rotatable bonds is 6. The lowest BCUT2D eigenvalue weighted by Gasteiger charge is -2.72. The quantitative estimate of drug-likeness (QED) is 0.0997. The Hall–Kier alpha value is -2.52. The van der Waals surface area contributed by atoms with Gasteiger partial charge in [0, 0.05) is 11.8 Å². The monoisotopic (exact) mass is 972 g/mol. The molecule has 20 atom stereocenters. The van der Waals surface area contributed by atoms with Gasteiger partial charge in [0.1, 0.15) is 5.78 Å². The summed E-state index contributed by atoms with van der Waals surface area (Å²) >= 11 is 0. The van der Waals surface area contributed by atoms with Crippen molar-refractivity contribution in [3.05, 3.63) is 24.3 Å². The number of hydrogen-bond donors (Lipinski definition) is 5. The molecule has 0 amide bonds. The number of aliphatic hydroxyl groups excluding tert-OH is 2. The summed E-state index contributed by atoms with van der Waals surface area (Å²) in [5, 5.41) is 55.3. The second-order valence-electron chi connectivity index (χ2n) is 28.4. The molecule has 0 aliphatic heterocycles. The predicted molar refractivity (Wildman–Crippen MR) is 277 cm³/mol. The Morgan fingerprint density at radius 2 is 0.929 bits per heavy atom. The lowest BCUT2D eigenvalue weighted by molar-refractivity contribution is -0.238. The molecule has 0 unspecified atom stereocenters. The second-order valence-corrected chi connectivity index (χ2v) is 28.4. The summed E-state index contributed by atoms with van der Waals surface area (Å²) in [6.07, 6.45) is 19.0. The van der Waals surface area contributed by atoms with Gasteiger partial charge in [-0.1, -0.05) is 92.3 Å². The highest BCUT2D eigenvalue weighted by Crippen LogP contribution is 2.79. The van der Waals surface area contributed by atoms with Crippen LogP contribution in [-0.4, -0.2) is 62.3 Å². The molecule has 9 heteroatoms. The van der Waals surface area contributed by atoms with E-state index in [1.807, 2.05) is 6.92 Å². The Morgan fingerprint density at radius 3 is 1.30 bits per heavy atom. The van der Waals surface area contributed by atoms with Crippen molar-refractivity contribution < 1.29 is 40.0 Å². The molecule has 10 rings (SSSR count). The minimum absolute atomic E-state index is 0. The Kier molecular flexibility index (Phi) is 13.3. The van der Waals surface area contributed by atoms with E-state index in [2.05, 4.69) is 80.6 Å². The standard InChI is InChI=1S/C30H47NO4.C30H46O4.CH4/c1-18(2)19-9-14-30(25(33)34)16-15-28(5)20(24(19)30)7-8-22-26(3)12-11-23(31-35)27(4,17-32)21(26)10-13-29(22,28)6;1-18(2)19-9-14-30(25(33)34)16-15-28(5)20(24(19)30)7-8-22-26(3)12-11-23(32)27(4,17-31)21(26)10-13-29(22,28)6;/h19-22,24,32,35H,1,7-17H2,2-6H3,(H,33,34);19-22,24,31H,1,7-17H2,2-6H3,(H,33,34);1H4/b31-23-;;/t2*19-,20+,21+,22+,24+,26-,27+,28+,29+,30-;/m00./s1. The molecular formula is C61H97NO8. The number of oxime groups is 1. The first-order valence-electron chi connectivity index (χ1n) is 27.9. The van der Waals surface area contributed by atoms with Crippen LogP contribution in [0.5, 0.6) is 0 Å². The van der Waals surface area contributed by atoms with Gasteiger partial charge in [-0.15, -0.1) is 0 Å². The Labute approximate surface area is 423 Å². The van der Waals surface area contributed by atoms with E-state index in [9.17, 15) is 40.0 Å². The number of nitrogens with zero attached hydrogens (tertiary/aromatic N) is 1. The van der Waals surface area contributed by atoms with Crippen LogP contribution in [0.25, 0.3) is 0 Å². The normalized spacial score (nSPS) is 53.6. The van der Waals surface area contributed by atoms with E-state index in [4.69, 9.17) is 0 Å². The van der Waals surface area contributed by atoms with E-state index in [1.54, 1.807) is 0 Å². The molecule has 10 aliphatic rings. The van der Waals surface area contributed by atoms with Gasteiger partial charge in [-0.2, -0.15) is 0 Å². The molecule has 394 valence electrons. The highest BCUT2D eigenvalue weighted by atomic mass is 16.4. The van der Waals surface area contributed by atoms with Crippen molar-refractivity contribution in [2.24, 2.45) is 118 Å². The van der Waals surface area contributed by atoms with Crippen LogP contribution in [0.2, 0.25) is 0 Å². The maximum absolute atomic E-state index is 13.0. The molecule has 5 N–H and O–H groups in total. The van der Waals surface area contributed by atoms with Crippen molar-refractivity contribution in [1.29, 1.82) is 0 Å². The topological polar surface area (TPSA) is 165 Å². The van der Waals surface area contributed by atoms with E-state index < -0.39 is 33.6 Å². The number of carbonyl (C=O) groups is 3. The second kappa shape index (κ2) is 17.3. The van der Waals surface area contributed by atoms with Crippen LogP contribution in [0.1, 0.15) is 205 Å². The van der Waals surface area contributed by atoms with Crippen molar-refractivity contribution in [3.8, 4) is 0 Å². The molecule has 9 nitrogen and oxygen atoms in total. The molecule has 0 spiro atoms. The molecule has 0 radical (unpaired) electrons. The van der Waals surface area contributed by atoms with Gasteiger partial charge in [0.15, 0.2) is 0 Å². The fourth-order valence-electron chi connectivity index (χ4n) is 22.8. The number of fused-ring (bicyclic) bond motifs is 14. The van der Waals surface area contributed by atoms with Gasteiger partial charge in [0.2, 0.25) is 0 Å². The third kappa shape index (κ3) is 6.58. The molecule has 0 aromatic carbocycles. The lowest BCUT2D eigenvalue weighted by atomic mass is 9.32. The molecule has 10 aliphatic carbocycles. The largest absolute Gasteiger partial charge is 0.481 e. The number of hydrogen-bond acceptors (Lipinski definition) is 7. The smallest absolute Gasteiger partial charge is 0.309 e. The maximum atomic E-state index is 13.0. The van der Waals surface area contributed by atoms with Gasteiger partial charge >= 0.3 is 11.9 Å². The van der Waals surface area contributed by atoms with E-state index in [1.165, 1.54) is 11.1 Å². The van der Waals surface area contributed by atoms with E-state index >= 15 is 0 Å². The first-order chi connectivity index (χ1) is 32.2. The molecule has 0 aromatic rings. The predicted octanol–water partition coefficient (Wildman–Crippen LogP) is 13.4. The maximum Gasteiger partial charge on any atom is 0.309 e. The zero-order valence-electron chi connectivity index (χ0n) is 44.7. The molecule has 0 heterocycles. The third-order valence-corrected chi connectivity index (χ3v) is 26.9. The molecule has 0 bridgehead atoms. The van der Waals surface area contributed by atoms with E-state index in [0.29, 0.717) is 47.8 Å². The highest BCUT2D eigenvalue weighted by molar-refractivity contribution is 5.91. The van der Waals surface area contributed by atoms with Crippen molar-refractivity contribution in [1.82, 2.24) is 0 Å². The molecule has 0 saturated heterocycles. The summed E-state index contributed by atoms with van der Waals surface area (Å²) < 4.78 is 0. The lowest BCUT2D eigenvalue weighted by Crippen LogP contribution is -2.67. The minimum Gasteiger partial charge on any atom is -0.481 e. The highest BCUT2D eigenvalue weighted by Gasteiger charge is 2.74.